The van der Waals surface area contributed by atoms with E-state index in [1.807, 2.05) is 74.9 Å². The number of benzene rings is 1. The van der Waals surface area contributed by atoms with Gasteiger partial charge in [0.05, 0.1) is 5.69 Å². The van der Waals surface area contributed by atoms with Crippen LogP contribution in [0.4, 0.5) is 0 Å². The molecule has 0 aliphatic rings. The van der Waals surface area contributed by atoms with Gasteiger partial charge in [-0.15, -0.1) is 0 Å². The van der Waals surface area contributed by atoms with E-state index in [2.05, 4.69) is 4.98 Å². The number of rotatable bonds is 3. The molecule has 2 aromatic heterocycles. The van der Waals surface area contributed by atoms with Crippen molar-refractivity contribution in [3.63, 3.8) is 0 Å². The summed E-state index contributed by atoms with van der Waals surface area (Å²) in [6.07, 6.45) is 3.59. The van der Waals surface area contributed by atoms with Crippen LogP contribution in [0.5, 0.6) is 0 Å². The molecular weight excluding hydrogens is 259 g/mol. The lowest BCUT2D eigenvalue weighted by Gasteiger charge is -2.11. The van der Waals surface area contributed by atoms with Gasteiger partial charge in [0.25, 0.3) is 0 Å². The second-order valence-corrected chi connectivity index (χ2v) is 4.70. The number of hydrogen-bond donors (Lipinski definition) is 0. The third-order valence-electron chi connectivity index (χ3n) is 3.35. The highest BCUT2D eigenvalue weighted by atomic mass is 16.1. The number of pyridine rings is 2. The standard InChI is InChI=1S/C17H14BN2O/c1-18-15-11-13(16-9-5-6-10-19-16)12-20(17(15)21)14-7-3-2-4-8-14/h2-12H,1H3. The molecule has 0 spiro atoms. The largest absolute Gasteiger partial charge is 0.284 e. The Morgan fingerprint density at radius 1 is 1.05 bits per heavy atom. The first-order valence-corrected chi connectivity index (χ1v) is 6.82. The van der Waals surface area contributed by atoms with E-state index in [4.69, 9.17) is 0 Å². The lowest BCUT2D eigenvalue weighted by molar-refractivity contribution is 1.00. The smallest absolute Gasteiger partial charge is 0.248 e. The minimum Gasteiger partial charge on any atom is -0.284 e. The van der Waals surface area contributed by atoms with E-state index in [0.717, 1.165) is 16.9 Å². The third kappa shape index (κ3) is 2.65. The van der Waals surface area contributed by atoms with E-state index < -0.39 is 0 Å². The molecule has 0 unspecified atom stereocenters. The van der Waals surface area contributed by atoms with Crippen molar-refractivity contribution in [2.75, 3.05) is 0 Å². The van der Waals surface area contributed by atoms with Crippen LogP contribution in [-0.2, 0) is 0 Å². The SMILES string of the molecule is C[B]c1cc(-c2ccccn2)cn(-c2ccccc2)c1=O. The monoisotopic (exact) mass is 273 g/mol. The predicted molar refractivity (Wildman–Crippen MR) is 86.5 cm³/mol. The molecule has 3 aromatic rings. The molecule has 1 aromatic carbocycles. The van der Waals surface area contributed by atoms with Crippen molar-refractivity contribution in [3.05, 3.63) is 77.3 Å². The van der Waals surface area contributed by atoms with Crippen molar-refractivity contribution in [1.29, 1.82) is 0 Å². The van der Waals surface area contributed by atoms with Gasteiger partial charge >= 0.3 is 0 Å². The highest BCUT2D eigenvalue weighted by molar-refractivity contribution is 6.51. The molecule has 4 heteroatoms. The maximum atomic E-state index is 12.5. The summed E-state index contributed by atoms with van der Waals surface area (Å²) in [5, 5.41) is 0. The van der Waals surface area contributed by atoms with Crippen LogP contribution in [0.1, 0.15) is 0 Å². The normalized spacial score (nSPS) is 10.3. The topological polar surface area (TPSA) is 34.9 Å². The van der Waals surface area contributed by atoms with Crippen molar-refractivity contribution in [2.45, 2.75) is 6.82 Å². The molecule has 0 aliphatic carbocycles. The number of para-hydroxylation sites is 1. The summed E-state index contributed by atoms with van der Waals surface area (Å²) >= 11 is 0. The summed E-state index contributed by atoms with van der Waals surface area (Å²) in [7, 11) is 1.83. The second kappa shape index (κ2) is 5.79. The van der Waals surface area contributed by atoms with E-state index in [0.29, 0.717) is 5.46 Å². The zero-order valence-corrected chi connectivity index (χ0v) is 11.7. The van der Waals surface area contributed by atoms with Gasteiger partial charge in [0.1, 0.15) is 0 Å². The predicted octanol–water partition coefficient (Wildman–Crippen LogP) is 2.28. The first kappa shape index (κ1) is 13.4. The quantitative estimate of drug-likeness (QED) is 0.686. The van der Waals surface area contributed by atoms with Gasteiger partial charge in [0.15, 0.2) is 7.28 Å². The van der Waals surface area contributed by atoms with E-state index in [1.165, 1.54) is 0 Å². The molecular formula is C17H14BN2O. The Bertz CT molecular complexity index is 798. The van der Waals surface area contributed by atoms with Gasteiger partial charge in [-0.25, -0.2) is 0 Å². The van der Waals surface area contributed by atoms with Gasteiger partial charge in [-0.05, 0) is 29.7 Å². The van der Waals surface area contributed by atoms with Gasteiger partial charge in [-0.3, -0.25) is 14.3 Å². The minimum absolute atomic E-state index is 0.0246. The number of hydrogen-bond acceptors (Lipinski definition) is 2. The van der Waals surface area contributed by atoms with Crippen LogP contribution < -0.4 is 11.0 Å². The zero-order chi connectivity index (χ0) is 14.7. The highest BCUT2D eigenvalue weighted by Gasteiger charge is 2.09. The summed E-state index contributed by atoms with van der Waals surface area (Å²) < 4.78 is 1.67. The fraction of sp³-hybridized carbons (Fsp3) is 0.0588. The first-order valence-electron chi connectivity index (χ1n) is 6.82. The molecule has 0 fully saturated rings. The summed E-state index contributed by atoms with van der Waals surface area (Å²) in [5.74, 6) is 0. The van der Waals surface area contributed by atoms with E-state index in [9.17, 15) is 4.79 Å². The second-order valence-electron chi connectivity index (χ2n) is 4.70. The average Bonchev–Trinajstić information content (AvgIpc) is 2.56. The molecule has 0 saturated carbocycles. The van der Waals surface area contributed by atoms with Crippen molar-refractivity contribution in [2.24, 2.45) is 0 Å². The van der Waals surface area contributed by atoms with Crippen LogP contribution in [0.15, 0.2) is 71.8 Å². The van der Waals surface area contributed by atoms with Gasteiger partial charge in [-0.1, -0.05) is 37.2 Å². The van der Waals surface area contributed by atoms with Crippen molar-refractivity contribution in [3.8, 4) is 16.9 Å². The Balaban J connectivity index is 2.23. The maximum absolute atomic E-state index is 12.5. The molecule has 3 nitrogen and oxygen atoms in total. The van der Waals surface area contributed by atoms with Crippen molar-refractivity contribution in [1.82, 2.24) is 9.55 Å². The lowest BCUT2D eigenvalue weighted by atomic mass is 9.73. The molecule has 2 heterocycles. The summed E-state index contributed by atoms with van der Waals surface area (Å²) in [5.41, 5.74) is 3.27. The molecule has 0 N–H and O–H groups in total. The van der Waals surface area contributed by atoms with Crippen molar-refractivity contribution < 1.29 is 0 Å². The Labute approximate surface area is 124 Å². The van der Waals surface area contributed by atoms with Crippen LogP contribution in [-0.4, -0.2) is 16.8 Å². The number of aromatic nitrogens is 2. The molecule has 0 amide bonds. The molecule has 0 saturated heterocycles. The summed E-state index contributed by atoms with van der Waals surface area (Å²) in [6, 6.07) is 17.3. The van der Waals surface area contributed by atoms with Gasteiger partial charge in [0, 0.05) is 23.6 Å². The summed E-state index contributed by atoms with van der Waals surface area (Å²) in [4.78, 5) is 16.9. The van der Waals surface area contributed by atoms with Gasteiger partial charge in [-0.2, -0.15) is 0 Å². The highest BCUT2D eigenvalue weighted by Crippen LogP contribution is 2.15. The molecule has 1 radical (unpaired) electrons. The van der Waals surface area contributed by atoms with Crippen LogP contribution in [0.3, 0.4) is 0 Å². The van der Waals surface area contributed by atoms with Crippen LogP contribution in [0.2, 0.25) is 6.82 Å². The van der Waals surface area contributed by atoms with Crippen LogP contribution >= 0.6 is 0 Å². The van der Waals surface area contributed by atoms with Gasteiger partial charge < -0.3 is 0 Å². The molecule has 0 atom stereocenters. The Morgan fingerprint density at radius 3 is 2.48 bits per heavy atom. The average molecular weight is 273 g/mol. The van der Waals surface area contributed by atoms with Gasteiger partial charge in [0.2, 0.25) is 5.56 Å². The third-order valence-corrected chi connectivity index (χ3v) is 3.35. The lowest BCUT2D eigenvalue weighted by Crippen LogP contribution is -2.36. The van der Waals surface area contributed by atoms with E-state index in [-0.39, 0.29) is 5.56 Å². The van der Waals surface area contributed by atoms with E-state index in [1.54, 1.807) is 10.8 Å². The van der Waals surface area contributed by atoms with Crippen LogP contribution in [0, 0.1) is 0 Å². The van der Waals surface area contributed by atoms with E-state index >= 15 is 0 Å². The Morgan fingerprint density at radius 2 is 1.81 bits per heavy atom. The first-order chi connectivity index (χ1) is 10.3. The zero-order valence-electron chi connectivity index (χ0n) is 11.7. The molecule has 3 rings (SSSR count). The molecule has 21 heavy (non-hydrogen) atoms. The fourth-order valence-corrected chi connectivity index (χ4v) is 2.26. The number of nitrogens with zero attached hydrogens (tertiary/aromatic N) is 2. The molecule has 0 bridgehead atoms. The maximum Gasteiger partial charge on any atom is 0.248 e. The van der Waals surface area contributed by atoms with Crippen LogP contribution in [0.25, 0.3) is 16.9 Å². The Hall–Kier alpha value is -2.62. The Kier molecular flexibility index (Phi) is 3.69. The minimum atomic E-state index is -0.0246. The fourth-order valence-electron chi connectivity index (χ4n) is 2.26. The van der Waals surface area contributed by atoms with Crippen molar-refractivity contribution >= 4 is 12.7 Å². The molecule has 0 aliphatic heterocycles. The molecule has 101 valence electrons. The summed E-state index contributed by atoms with van der Waals surface area (Å²) in [6.45, 7) is 1.87.